The van der Waals surface area contributed by atoms with Gasteiger partial charge in [0.05, 0.1) is 0 Å². The van der Waals surface area contributed by atoms with E-state index in [2.05, 4.69) is 29.6 Å². The second kappa shape index (κ2) is 13.0. The second-order valence-corrected chi connectivity index (χ2v) is 15.5. The number of rotatable bonds is 11. The average molecular weight is 559 g/mol. The lowest BCUT2D eigenvalue weighted by molar-refractivity contribution is -0.140. The van der Waals surface area contributed by atoms with Gasteiger partial charge >= 0.3 is 12.1 Å². The number of carbonyl (C=O) groups excluding carboxylic acids is 3. The molecule has 8 heteroatoms. The Hall–Kier alpha value is -3.91. The van der Waals surface area contributed by atoms with E-state index < -0.39 is 32.3 Å². The molecule has 3 aromatic carbocycles. The van der Waals surface area contributed by atoms with Crippen LogP contribution in [0.1, 0.15) is 36.0 Å². The van der Waals surface area contributed by atoms with Crippen LogP contribution in [0.3, 0.4) is 0 Å². The topological polar surface area (TPSA) is 84.9 Å². The van der Waals surface area contributed by atoms with Gasteiger partial charge in [0.15, 0.2) is 0 Å². The Morgan fingerprint density at radius 2 is 1.45 bits per heavy atom. The van der Waals surface area contributed by atoms with Gasteiger partial charge in [0, 0.05) is 18.9 Å². The second-order valence-electron chi connectivity index (χ2n) is 11.1. The highest BCUT2D eigenvalue weighted by Gasteiger charge is 2.31. The summed E-state index contributed by atoms with van der Waals surface area (Å²) in [7, 11) is -2.17. The van der Waals surface area contributed by atoms with E-state index in [0.717, 1.165) is 27.8 Å². The number of nitrogens with zero attached hydrogens (tertiary/aromatic N) is 1. The van der Waals surface area contributed by atoms with Crippen LogP contribution in [0.25, 0.3) is 11.1 Å². The Morgan fingerprint density at radius 3 is 2.02 bits per heavy atom. The SMILES string of the molecule is CCCN(CC(=O)N[C@@H](Cc1ccccc1)C(=O)O[Si](C)(C)C)C(=O)OCC1c2ccccc2-c2ccccc21. The van der Waals surface area contributed by atoms with E-state index in [0.29, 0.717) is 19.4 Å². The molecular weight excluding hydrogens is 520 g/mol. The van der Waals surface area contributed by atoms with E-state index in [1.165, 1.54) is 4.90 Å². The molecule has 0 bridgehead atoms. The number of nitrogens with one attached hydrogen (secondary N) is 1. The van der Waals surface area contributed by atoms with Crippen molar-refractivity contribution in [1.82, 2.24) is 10.2 Å². The Bertz CT molecular complexity index is 1290. The largest absolute Gasteiger partial charge is 0.518 e. The molecule has 1 aliphatic carbocycles. The third kappa shape index (κ3) is 7.38. The van der Waals surface area contributed by atoms with Crippen LogP contribution in [0, 0.1) is 0 Å². The molecule has 0 aliphatic heterocycles. The summed E-state index contributed by atoms with van der Waals surface area (Å²) in [6, 6.07) is 24.9. The fourth-order valence-corrected chi connectivity index (χ4v) is 5.77. The molecule has 1 N–H and O–H groups in total. The predicted molar refractivity (Wildman–Crippen MR) is 158 cm³/mol. The molecule has 0 unspecified atom stereocenters. The summed E-state index contributed by atoms with van der Waals surface area (Å²) < 4.78 is 11.5. The average Bonchev–Trinajstić information content (AvgIpc) is 3.24. The van der Waals surface area contributed by atoms with E-state index in [-0.39, 0.29) is 19.1 Å². The maximum absolute atomic E-state index is 13.2. The molecule has 3 aromatic rings. The van der Waals surface area contributed by atoms with E-state index >= 15 is 0 Å². The number of ether oxygens (including phenoxy) is 1. The van der Waals surface area contributed by atoms with Gasteiger partial charge in [-0.15, -0.1) is 0 Å². The highest BCUT2D eigenvalue weighted by Crippen LogP contribution is 2.44. The van der Waals surface area contributed by atoms with Crippen LogP contribution in [0.2, 0.25) is 19.6 Å². The molecule has 0 saturated carbocycles. The summed E-state index contributed by atoms with van der Waals surface area (Å²) in [4.78, 5) is 40.7. The van der Waals surface area contributed by atoms with Crippen LogP contribution >= 0.6 is 0 Å². The number of hydrogen-bond donors (Lipinski definition) is 1. The fraction of sp³-hybridized carbons (Fsp3) is 0.344. The lowest BCUT2D eigenvalue weighted by atomic mass is 9.98. The van der Waals surface area contributed by atoms with Crippen LogP contribution in [-0.2, 0) is 25.2 Å². The molecule has 0 spiro atoms. The van der Waals surface area contributed by atoms with Crippen molar-refractivity contribution in [3.05, 3.63) is 95.6 Å². The highest BCUT2D eigenvalue weighted by molar-refractivity contribution is 6.71. The monoisotopic (exact) mass is 558 g/mol. The molecule has 0 saturated heterocycles. The van der Waals surface area contributed by atoms with Gasteiger partial charge in [-0.25, -0.2) is 4.79 Å². The molecule has 0 fully saturated rings. The van der Waals surface area contributed by atoms with Crippen LogP contribution in [-0.4, -0.2) is 56.9 Å². The zero-order chi connectivity index (χ0) is 28.7. The zero-order valence-corrected chi connectivity index (χ0v) is 24.7. The first-order valence-electron chi connectivity index (χ1n) is 13.8. The summed E-state index contributed by atoms with van der Waals surface area (Å²) >= 11 is 0. The first-order valence-corrected chi connectivity index (χ1v) is 17.2. The van der Waals surface area contributed by atoms with Crippen molar-refractivity contribution in [2.45, 2.75) is 51.4 Å². The molecule has 0 radical (unpaired) electrons. The van der Waals surface area contributed by atoms with Crippen LogP contribution in [0.15, 0.2) is 78.9 Å². The quantitative estimate of drug-likeness (QED) is 0.303. The zero-order valence-electron chi connectivity index (χ0n) is 23.7. The van der Waals surface area contributed by atoms with E-state index in [1.54, 1.807) is 0 Å². The Kier molecular flexibility index (Phi) is 9.42. The van der Waals surface area contributed by atoms with Crippen molar-refractivity contribution < 1.29 is 23.5 Å². The minimum atomic E-state index is -2.17. The molecule has 7 nitrogen and oxygen atoms in total. The maximum Gasteiger partial charge on any atom is 0.410 e. The molecule has 0 heterocycles. The predicted octanol–water partition coefficient (Wildman–Crippen LogP) is 5.75. The molecule has 1 aliphatic rings. The maximum atomic E-state index is 13.2. The van der Waals surface area contributed by atoms with E-state index in [4.69, 9.17) is 9.16 Å². The molecule has 4 rings (SSSR count). The van der Waals surface area contributed by atoms with Crippen molar-refractivity contribution in [2.24, 2.45) is 0 Å². The number of hydrogen-bond acceptors (Lipinski definition) is 5. The summed E-state index contributed by atoms with van der Waals surface area (Å²) in [5.41, 5.74) is 5.46. The third-order valence-corrected chi connectivity index (χ3v) is 7.54. The molecule has 210 valence electrons. The molecular formula is C32H38N2O5Si. The molecule has 0 aromatic heterocycles. The minimum absolute atomic E-state index is 0.0692. The Balaban J connectivity index is 1.42. The van der Waals surface area contributed by atoms with Gasteiger partial charge in [-0.2, -0.15) is 0 Å². The van der Waals surface area contributed by atoms with Crippen LogP contribution in [0.4, 0.5) is 4.79 Å². The summed E-state index contributed by atoms with van der Waals surface area (Å²) in [6.45, 7) is 8.02. The van der Waals surface area contributed by atoms with E-state index in [1.807, 2.05) is 81.2 Å². The Morgan fingerprint density at radius 1 is 0.875 bits per heavy atom. The lowest BCUT2D eigenvalue weighted by Crippen LogP contribution is -2.50. The Labute approximate surface area is 237 Å². The fourth-order valence-electron chi connectivity index (χ4n) is 5.02. The number of carbonyl (C=O) groups is 3. The summed E-state index contributed by atoms with van der Waals surface area (Å²) in [5, 5.41) is 2.81. The number of amides is 2. The highest BCUT2D eigenvalue weighted by atomic mass is 28.4. The van der Waals surface area contributed by atoms with Gasteiger partial charge < -0.3 is 14.5 Å². The van der Waals surface area contributed by atoms with Gasteiger partial charge in [0.2, 0.25) is 14.2 Å². The first-order chi connectivity index (χ1) is 19.2. The smallest absolute Gasteiger partial charge is 0.410 e. The van der Waals surface area contributed by atoms with Crippen molar-refractivity contribution in [1.29, 1.82) is 0 Å². The lowest BCUT2D eigenvalue weighted by Gasteiger charge is -2.26. The van der Waals surface area contributed by atoms with Gasteiger partial charge in [0.25, 0.3) is 0 Å². The van der Waals surface area contributed by atoms with E-state index in [9.17, 15) is 14.4 Å². The summed E-state index contributed by atoms with van der Waals surface area (Å²) in [6.07, 6.45) is 0.403. The first kappa shape index (κ1) is 29.1. The van der Waals surface area contributed by atoms with Gasteiger partial charge in [-0.1, -0.05) is 85.8 Å². The van der Waals surface area contributed by atoms with Crippen LogP contribution < -0.4 is 5.32 Å². The molecule has 1 atom stereocenters. The number of benzene rings is 3. The van der Waals surface area contributed by atoms with Crippen molar-refractivity contribution in [3.8, 4) is 11.1 Å². The third-order valence-electron chi connectivity index (χ3n) is 6.73. The van der Waals surface area contributed by atoms with Crippen molar-refractivity contribution in [2.75, 3.05) is 19.7 Å². The molecule has 40 heavy (non-hydrogen) atoms. The van der Waals surface area contributed by atoms with Gasteiger partial charge in [-0.3, -0.25) is 14.5 Å². The van der Waals surface area contributed by atoms with Crippen molar-refractivity contribution >= 4 is 26.3 Å². The minimum Gasteiger partial charge on any atom is -0.518 e. The number of fused-ring (bicyclic) bond motifs is 3. The standard InChI is InChI=1S/C32H38N2O5Si/c1-5-19-34(21-30(35)33-29(31(36)39-40(2,3)4)20-23-13-7-6-8-14-23)32(37)38-22-28-26-17-11-9-15-24(26)25-16-10-12-18-27(25)28/h6-18,28-29H,5,19-22H2,1-4H3,(H,33,35)/t29-/m0/s1. The van der Waals surface area contributed by atoms with Gasteiger partial charge in [0.1, 0.15) is 19.2 Å². The van der Waals surface area contributed by atoms with Crippen LogP contribution in [0.5, 0.6) is 0 Å². The molecule has 2 amide bonds. The van der Waals surface area contributed by atoms with Crippen molar-refractivity contribution in [3.63, 3.8) is 0 Å². The summed E-state index contributed by atoms with van der Waals surface area (Å²) in [5.74, 6) is -0.963. The van der Waals surface area contributed by atoms with Gasteiger partial charge in [-0.05, 0) is 53.9 Å². The normalized spacial score (nSPS) is 13.1.